The molecule has 1 N–H and O–H groups in total. The second-order valence-corrected chi connectivity index (χ2v) is 4.07. The molecular formula is C13H18FNO2. The van der Waals surface area contributed by atoms with Crippen LogP contribution in [0.25, 0.3) is 0 Å². The second kappa shape index (κ2) is 6.10. The van der Waals surface area contributed by atoms with Crippen molar-refractivity contribution in [3.63, 3.8) is 0 Å². The van der Waals surface area contributed by atoms with Crippen LogP contribution in [0.3, 0.4) is 0 Å². The number of hydrogen-bond donors (Lipinski definition) is 1. The van der Waals surface area contributed by atoms with E-state index in [2.05, 4.69) is 5.32 Å². The highest BCUT2D eigenvalue weighted by molar-refractivity contribution is 5.21. The Balaban J connectivity index is 2.15. The topological polar surface area (TPSA) is 30.5 Å². The first-order valence-corrected chi connectivity index (χ1v) is 5.99. The van der Waals surface area contributed by atoms with E-state index in [9.17, 15) is 4.39 Å². The lowest BCUT2D eigenvalue weighted by Gasteiger charge is -2.31. The van der Waals surface area contributed by atoms with Crippen molar-refractivity contribution >= 4 is 0 Å². The molecular weight excluding hydrogens is 221 g/mol. The van der Waals surface area contributed by atoms with E-state index < -0.39 is 0 Å². The van der Waals surface area contributed by atoms with Gasteiger partial charge >= 0.3 is 0 Å². The van der Waals surface area contributed by atoms with Gasteiger partial charge in [0.1, 0.15) is 11.9 Å². The van der Waals surface area contributed by atoms with Crippen molar-refractivity contribution in [1.29, 1.82) is 0 Å². The fourth-order valence-corrected chi connectivity index (χ4v) is 2.08. The number of halogens is 1. The highest BCUT2D eigenvalue weighted by Gasteiger charge is 2.26. The number of rotatable bonds is 4. The highest BCUT2D eigenvalue weighted by Crippen LogP contribution is 2.22. The lowest BCUT2D eigenvalue weighted by Crippen LogP contribution is -2.40. The molecule has 17 heavy (non-hydrogen) atoms. The maximum Gasteiger partial charge on any atom is 0.123 e. The van der Waals surface area contributed by atoms with Gasteiger partial charge in [0.05, 0.1) is 25.9 Å². The van der Waals surface area contributed by atoms with Gasteiger partial charge in [0.25, 0.3) is 0 Å². The third-order valence-corrected chi connectivity index (χ3v) is 2.85. The molecule has 1 aliphatic rings. The zero-order chi connectivity index (χ0) is 12.1. The fourth-order valence-electron chi connectivity index (χ4n) is 2.08. The molecule has 1 heterocycles. The van der Waals surface area contributed by atoms with Crippen molar-refractivity contribution < 1.29 is 13.9 Å². The van der Waals surface area contributed by atoms with E-state index in [0.29, 0.717) is 19.8 Å². The largest absolute Gasteiger partial charge is 0.376 e. The van der Waals surface area contributed by atoms with Crippen molar-refractivity contribution in [2.24, 2.45) is 0 Å². The molecule has 2 rings (SSSR count). The standard InChI is InChI=1S/C13H18FNO2/c1-2-15-13(12-9-16-6-7-17-12)10-4-3-5-11(14)8-10/h3-5,8,12-13,15H,2,6-7,9H2,1H3. The molecule has 4 heteroatoms. The normalized spacial score (nSPS) is 22.4. The molecule has 1 saturated heterocycles. The summed E-state index contributed by atoms with van der Waals surface area (Å²) in [5.41, 5.74) is 0.905. The van der Waals surface area contributed by atoms with Crippen molar-refractivity contribution in [2.45, 2.75) is 19.1 Å². The Labute approximate surface area is 101 Å². The molecule has 94 valence electrons. The van der Waals surface area contributed by atoms with Gasteiger partial charge in [-0.1, -0.05) is 19.1 Å². The van der Waals surface area contributed by atoms with Crippen LogP contribution in [0.15, 0.2) is 24.3 Å². The first kappa shape index (κ1) is 12.5. The van der Waals surface area contributed by atoms with E-state index in [0.717, 1.165) is 12.1 Å². The minimum atomic E-state index is -0.220. The molecule has 1 aliphatic heterocycles. The maximum atomic E-state index is 13.2. The average Bonchev–Trinajstić information content (AvgIpc) is 2.37. The maximum absolute atomic E-state index is 13.2. The Hall–Kier alpha value is -0.970. The number of likely N-dealkylation sites (N-methyl/N-ethyl adjacent to an activating group) is 1. The summed E-state index contributed by atoms with van der Waals surface area (Å²) in [7, 11) is 0. The fraction of sp³-hybridized carbons (Fsp3) is 0.538. The van der Waals surface area contributed by atoms with Gasteiger partial charge in [0.15, 0.2) is 0 Å². The SMILES string of the molecule is CCNC(c1cccc(F)c1)C1COCCO1. The third-order valence-electron chi connectivity index (χ3n) is 2.85. The first-order valence-electron chi connectivity index (χ1n) is 5.99. The minimum Gasteiger partial charge on any atom is -0.376 e. The van der Waals surface area contributed by atoms with Gasteiger partial charge < -0.3 is 14.8 Å². The number of ether oxygens (including phenoxy) is 2. The van der Waals surface area contributed by atoms with Crippen LogP contribution < -0.4 is 5.32 Å². The van der Waals surface area contributed by atoms with Crippen LogP contribution in [0, 0.1) is 5.82 Å². The summed E-state index contributed by atoms with van der Waals surface area (Å²) < 4.78 is 24.3. The van der Waals surface area contributed by atoms with Crippen LogP contribution in [0.1, 0.15) is 18.5 Å². The van der Waals surface area contributed by atoms with Crippen LogP contribution >= 0.6 is 0 Å². The lowest BCUT2D eigenvalue weighted by molar-refractivity contribution is -0.102. The Bertz CT molecular complexity index is 353. The average molecular weight is 239 g/mol. The van der Waals surface area contributed by atoms with Crippen molar-refractivity contribution in [3.05, 3.63) is 35.6 Å². The number of hydrogen-bond acceptors (Lipinski definition) is 3. The van der Waals surface area contributed by atoms with Gasteiger partial charge in [0, 0.05) is 0 Å². The molecule has 2 atom stereocenters. The van der Waals surface area contributed by atoms with Crippen LogP contribution in [-0.2, 0) is 9.47 Å². The molecule has 1 fully saturated rings. The number of benzene rings is 1. The minimum absolute atomic E-state index is 0.0176. The zero-order valence-corrected chi connectivity index (χ0v) is 9.99. The van der Waals surface area contributed by atoms with Crippen molar-refractivity contribution in [2.75, 3.05) is 26.4 Å². The molecule has 0 aliphatic carbocycles. The smallest absolute Gasteiger partial charge is 0.123 e. The Morgan fingerprint density at radius 1 is 1.47 bits per heavy atom. The van der Waals surface area contributed by atoms with Gasteiger partial charge in [-0.05, 0) is 24.2 Å². The molecule has 0 bridgehead atoms. The molecule has 0 amide bonds. The van der Waals surface area contributed by atoms with E-state index >= 15 is 0 Å². The Kier molecular flexibility index (Phi) is 4.48. The second-order valence-electron chi connectivity index (χ2n) is 4.07. The third kappa shape index (κ3) is 3.25. The number of nitrogens with one attached hydrogen (secondary N) is 1. The monoisotopic (exact) mass is 239 g/mol. The van der Waals surface area contributed by atoms with Crippen molar-refractivity contribution in [3.8, 4) is 0 Å². The molecule has 1 aromatic rings. The van der Waals surface area contributed by atoms with Crippen LogP contribution in [0.4, 0.5) is 4.39 Å². The van der Waals surface area contributed by atoms with Crippen molar-refractivity contribution in [1.82, 2.24) is 5.32 Å². The predicted molar refractivity (Wildman–Crippen MR) is 63.4 cm³/mol. The Morgan fingerprint density at radius 2 is 2.35 bits per heavy atom. The predicted octanol–water partition coefficient (Wildman–Crippen LogP) is 1.89. The summed E-state index contributed by atoms with van der Waals surface area (Å²) in [5, 5.41) is 3.32. The Morgan fingerprint density at radius 3 is 3.00 bits per heavy atom. The zero-order valence-electron chi connectivity index (χ0n) is 9.99. The van der Waals surface area contributed by atoms with Crippen LogP contribution in [-0.4, -0.2) is 32.5 Å². The van der Waals surface area contributed by atoms with E-state index in [1.807, 2.05) is 13.0 Å². The van der Waals surface area contributed by atoms with Gasteiger partial charge in [-0.3, -0.25) is 0 Å². The summed E-state index contributed by atoms with van der Waals surface area (Å²) in [6.07, 6.45) is -0.0505. The molecule has 0 radical (unpaired) electrons. The molecule has 0 spiro atoms. The van der Waals surface area contributed by atoms with Gasteiger partial charge in [0.2, 0.25) is 0 Å². The summed E-state index contributed by atoms with van der Waals surface area (Å²) in [6, 6.07) is 6.61. The molecule has 0 aromatic heterocycles. The van der Waals surface area contributed by atoms with Gasteiger partial charge in [-0.2, -0.15) is 0 Å². The van der Waals surface area contributed by atoms with E-state index in [1.165, 1.54) is 6.07 Å². The lowest BCUT2D eigenvalue weighted by atomic mass is 10.0. The molecule has 0 saturated carbocycles. The molecule has 2 unspecified atom stereocenters. The summed E-state index contributed by atoms with van der Waals surface area (Å²) in [6.45, 7) is 4.62. The summed E-state index contributed by atoms with van der Waals surface area (Å²) in [4.78, 5) is 0. The van der Waals surface area contributed by atoms with E-state index in [1.54, 1.807) is 12.1 Å². The van der Waals surface area contributed by atoms with Crippen LogP contribution in [0.2, 0.25) is 0 Å². The van der Waals surface area contributed by atoms with E-state index in [-0.39, 0.29) is 18.0 Å². The highest BCUT2D eigenvalue weighted by atomic mass is 19.1. The molecule has 3 nitrogen and oxygen atoms in total. The summed E-state index contributed by atoms with van der Waals surface area (Å²) >= 11 is 0. The first-order chi connectivity index (χ1) is 8.31. The summed E-state index contributed by atoms with van der Waals surface area (Å²) in [5.74, 6) is -0.220. The van der Waals surface area contributed by atoms with Crippen LogP contribution in [0.5, 0.6) is 0 Å². The van der Waals surface area contributed by atoms with Gasteiger partial charge in [-0.15, -0.1) is 0 Å². The van der Waals surface area contributed by atoms with Gasteiger partial charge in [-0.25, -0.2) is 4.39 Å². The quantitative estimate of drug-likeness (QED) is 0.870. The van der Waals surface area contributed by atoms with E-state index in [4.69, 9.17) is 9.47 Å². The molecule has 1 aromatic carbocycles.